The fourth-order valence-corrected chi connectivity index (χ4v) is 5.84. The molecular weight excluding hydrogens is 373 g/mol. The van der Waals surface area contributed by atoms with Crippen molar-refractivity contribution in [2.24, 2.45) is 0 Å². The minimum absolute atomic E-state index is 0. The molecular formula is C23H23ClNOP. The third-order valence-corrected chi connectivity index (χ3v) is 7.34. The molecule has 2 aliphatic rings. The molecule has 0 saturated heterocycles. The van der Waals surface area contributed by atoms with E-state index in [1.54, 1.807) is 6.08 Å². The van der Waals surface area contributed by atoms with Crippen LogP contribution in [-0.4, -0.2) is 17.6 Å². The lowest BCUT2D eigenvalue weighted by molar-refractivity contribution is -0.116. The van der Waals surface area contributed by atoms with Gasteiger partial charge in [-0.2, -0.15) is 0 Å². The summed E-state index contributed by atoms with van der Waals surface area (Å²) in [6.45, 7) is 0. The lowest BCUT2D eigenvalue weighted by atomic mass is 10.1. The predicted octanol–water partition coefficient (Wildman–Crippen LogP) is 4.24. The van der Waals surface area contributed by atoms with Crippen molar-refractivity contribution in [3.8, 4) is 0 Å². The lowest BCUT2D eigenvalue weighted by Gasteiger charge is -2.28. The topological polar surface area (TPSA) is 29.1 Å². The molecule has 0 bridgehead atoms. The first kappa shape index (κ1) is 19.6. The van der Waals surface area contributed by atoms with Crippen molar-refractivity contribution >= 4 is 36.8 Å². The molecule has 1 saturated carbocycles. The van der Waals surface area contributed by atoms with Crippen LogP contribution in [0.15, 0.2) is 96.6 Å². The summed E-state index contributed by atoms with van der Waals surface area (Å²) < 4.78 is 0. The van der Waals surface area contributed by atoms with Crippen LogP contribution in [-0.2, 0) is 4.79 Å². The number of hydrogen-bond donors (Lipinski definition) is 1. The van der Waals surface area contributed by atoms with E-state index in [1.165, 1.54) is 10.6 Å². The average Bonchev–Trinajstić information content (AvgIpc) is 3.49. The number of allylic oxidation sites excluding steroid dienone is 5. The van der Waals surface area contributed by atoms with Crippen LogP contribution in [0.5, 0.6) is 0 Å². The number of hydrogen-bond acceptors (Lipinski definition) is 1. The fourth-order valence-electron chi connectivity index (χ4n) is 3.18. The summed E-state index contributed by atoms with van der Waals surface area (Å²) in [5.74, 6) is 0.0310. The number of nitrogens with one attached hydrogen (secondary N) is 1. The highest BCUT2D eigenvalue weighted by Crippen LogP contribution is 2.45. The highest BCUT2D eigenvalue weighted by molar-refractivity contribution is 7.74. The van der Waals surface area contributed by atoms with Crippen LogP contribution in [0.1, 0.15) is 12.8 Å². The third kappa shape index (κ3) is 4.97. The van der Waals surface area contributed by atoms with Crippen molar-refractivity contribution in [2.75, 3.05) is 0 Å². The highest BCUT2D eigenvalue weighted by Gasteiger charge is 2.27. The van der Waals surface area contributed by atoms with Crippen LogP contribution < -0.4 is 15.9 Å². The number of amides is 1. The van der Waals surface area contributed by atoms with E-state index < -0.39 is 7.92 Å². The van der Waals surface area contributed by atoms with Crippen LogP contribution in [0, 0.1) is 0 Å². The van der Waals surface area contributed by atoms with Crippen molar-refractivity contribution in [3.63, 3.8) is 0 Å². The number of rotatable bonds is 5. The van der Waals surface area contributed by atoms with E-state index in [4.69, 9.17) is 0 Å². The quantitative estimate of drug-likeness (QED) is 0.595. The molecule has 1 fully saturated rings. The van der Waals surface area contributed by atoms with Gasteiger partial charge in [-0.1, -0.05) is 85.0 Å². The Kier molecular flexibility index (Phi) is 6.66. The summed E-state index contributed by atoms with van der Waals surface area (Å²) >= 11 is 0. The van der Waals surface area contributed by atoms with Crippen molar-refractivity contribution in [1.82, 2.24) is 5.32 Å². The van der Waals surface area contributed by atoms with Crippen molar-refractivity contribution in [1.29, 1.82) is 0 Å². The molecule has 4 heteroatoms. The van der Waals surface area contributed by atoms with Gasteiger partial charge in [-0.15, -0.1) is 12.4 Å². The molecule has 1 amide bonds. The third-order valence-electron chi connectivity index (χ3n) is 4.60. The van der Waals surface area contributed by atoms with Gasteiger partial charge >= 0.3 is 0 Å². The second kappa shape index (κ2) is 9.17. The Morgan fingerprint density at radius 1 is 0.926 bits per heavy atom. The Bertz CT molecular complexity index is 817. The maximum absolute atomic E-state index is 12.4. The van der Waals surface area contributed by atoms with Gasteiger partial charge in [0.15, 0.2) is 0 Å². The van der Waals surface area contributed by atoms with E-state index in [0.29, 0.717) is 6.04 Å². The molecule has 1 atom stereocenters. The first-order chi connectivity index (χ1) is 12.8. The molecule has 0 radical (unpaired) electrons. The molecule has 1 N–H and O–H groups in total. The van der Waals surface area contributed by atoms with E-state index in [0.717, 1.165) is 18.4 Å². The largest absolute Gasteiger partial charge is 0.350 e. The summed E-state index contributed by atoms with van der Waals surface area (Å²) in [5, 5.41) is 5.73. The Morgan fingerprint density at radius 2 is 1.52 bits per heavy atom. The smallest absolute Gasteiger partial charge is 0.244 e. The summed E-state index contributed by atoms with van der Waals surface area (Å²) in [5.41, 5.74) is 1.29. The molecule has 2 aromatic carbocycles. The summed E-state index contributed by atoms with van der Waals surface area (Å²) in [4.78, 5) is 12.4. The summed E-state index contributed by atoms with van der Waals surface area (Å²) in [7, 11) is -0.630. The van der Waals surface area contributed by atoms with Gasteiger partial charge in [-0.3, -0.25) is 4.79 Å². The van der Waals surface area contributed by atoms with Gasteiger partial charge in [0.05, 0.1) is 0 Å². The average molecular weight is 396 g/mol. The summed E-state index contributed by atoms with van der Waals surface area (Å²) in [6, 6.07) is 21.7. The molecule has 0 spiro atoms. The summed E-state index contributed by atoms with van der Waals surface area (Å²) in [6.07, 6.45) is 12.5. The Morgan fingerprint density at radius 3 is 2.07 bits per heavy atom. The van der Waals surface area contributed by atoms with E-state index in [-0.39, 0.29) is 24.0 Å². The number of carbonyl (C=O) groups is 1. The van der Waals surface area contributed by atoms with Crippen molar-refractivity contribution < 1.29 is 4.79 Å². The van der Waals surface area contributed by atoms with Gasteiger partial charge in [0, 0.05) is 17.8 Å². The first-order valence-electron chi connectivity index (χ1n) is 9.07. The Balaban J connectivity index is 0.00000210. The van der Waals surface area contributed by atoms with Crippen molar-refractivity contribution in [3.05, 3.63) is 96.6 Å². The van der Waals surface area contributed by atoms with Crippen LogP contribution in [0.25, 0.3) is 0 Å². The van der Waals surface area contributed by atoms with E-state index in [9.17, 15) is 4.79 Å². The lowest BCUT2D eigenvalue weighted by Crippen LogP contribution is -2.26. The minimum atomic E-state index is -0.630. The first-order valence-corrected chi connectivity index (χ1v) is 10.5. The van der Waals surface area contributed by atoms with E-state index >= 15 is 0 Å². The molecule has 138 valence electrons. The molecule has 2 nitrogen and oxygen atoms in total. The molecule has 0 heterocycles. The second-order valence-electron chi connectivity index (χ2n) is 6.66. The zero-order valence-electron chi connectivity index (χ0n) is 15.0. The molecule has 1 unspecified atom stereocenters. The zero-order chi connectivity index (χ0) is 17.8. The number of carbonyl (C=O) groups excluding carboxylic acids is 1. The van der Waals surface area contributed by atoms with Crippen LogP contribution in [0.2, 0.25) is 0 Å². The van der Waals surface area contributed by atoms with Gasteiger partial charge in [0.2, 0.25) is 5.91 Å². The van der Waals surface area contributed by atoms with Gasteiger partial charge in [-0.25, -0.2) is 0 Å². The highest BCUT2D eigenvalue weighted by atomic mass is 35.5. The SMILES string of the molecule is Cl.O=C(C=C1C=CC=CC1P(c1ccccc1)c1ccccc1)NC1CC1. The zero-order valence-corrected chi connectivity index (χ0v) is 16.7. The van der Waals surface area contributed by atoms with Crippen LogP contribution in [0.3, 0.4) is 0 Å². The number of benzene rings is 2. The normalized spacial score (nSPS) is 19.7. The Labute approximate surface area is 168 Å². The minimum Gasteiger partial charge on any atom is -0.350 e. The molecule has 4 rings (SSSR count). The fraction of sp³-hybridized carbons (Fsp3) is 0.174. The maximum Gasteiger partial charge on any atom is 0.244 e. The second-order valence-corrected chi connectivity index (χ2v) is 8.99. The van der Waals surface area contributed by atoms with Crippen LogP contribution in [0.4, 0.5) is 0 Å². The monoisotopic (exact) mass is 395 g/mol. The van der Waals surface area contributed by atoms with E-state index in [2.05, 4.69) is 84.2 Å². The van der Waals surface area contributed by atoms with Gasteiger partial charge in [0.1, 0.15) is 0 Å². The molecule has 0 aromatic heterocycles. The maximum atomic E-state index is 12.4. The Hall–Kier alpha value is -2.15. The predicted molar refractivity (Wildman–Crippen MR) is 118 cm³/mol. The molecule has 2 aromatic rings. The van der Waals surface area contributed by atoms with Gasteiger partial charge in [0.25, 0.3) is 0 Å². The number of halogens is 1. The van der Waals surface area contributed by atoms with E-state index in [1.807, 2.05) is 6.08 Å². The van der Waals surface area contributed by atoms with Gasteiger partial charge in [-0.05, 0) is 36.9 Å². The standard InChI is InChI=1S/C23H22NOP.ClH/c25-23(24-19-15-16-19)17-18-9-7-8-14-22(18)26(20-10-3-1-4-11-20)21-12-5-2-6-13-21;/h1-14,17,19,22H,15-16H2,(H,24,25);1H. The molecule has 0 aliphatic heterocycles. The molecule has 27 heavy (non-hydrogen) atoms. The van der Waals surface area contributed by atoms with Crippen molar-refractivity contribution in [2.45, 2.75) is 24.5 Å². The van der Waals surface area contributed by atoms with Gasteiger partial charge < -0.3 is 5.32 Å². The van der Waals surface area contributed by atoms with Crippen LogP contribution >= 0.6 is 20.3 Å². The molecule has 2 aliphatic carbocycles.